The third-order valence-electron chi connectivity index (χ3n) is 1.64. The van der Waals surface area contributed by atoms with Gasteiger partial charge in [0.25, 0.3) is 0 Å². The molecule has 0 aliphatic rings. The lowest BCUT2D eigenvalue weighted by molar-refractivity contribution is 0.181. The van der Waals surface area contributed by atoms with Gasteiger partial charge in [0.15, 0.2) is 0 Å². The van der Waals surface area contributed by atoms with Gasteiger partial charge in [0.2, 0.25) is 0 Å². The highest BCUT2D eigenvalue weighted by atomic mass is 35.5. The van der Waals surface area contributed by atoms with Crippen LogP contribution in [0.3, 0.4) is 0 Å². The molecule has 0 aliphatic heterocycles. The van der Waals surface area contributed by atoms with Crippen molar-refractivity contribution in [1.29, 1.82) is 0 Å². The van der Waals surface area contributed by atoms with Crippen LogP contribution in [0.5, 0.6) is 0 Å². The van der Waals surface area contributed by atoms with E-state index in [0.717, 1.165) is 11.1 Å². The molecule has 0 heterocycles. The molecule has 0 radical (unpaired) electrons. The SMILES string of the molecule is COCc1ccc(Cl)cc1CO. The fourth-order valence-electron chi connectivity index (χ4n) is 1.04. The Balaban J connectivity index is 2.94. The summed E-state index contributed by atoms with van der Waals surface area (Å²) in [6.07, 6.45) is 0. The van der Waals surface area contributed by atoms with Crippen molar-refractivity contribution in [2.45, 2.75) is 13.2 Å². The Kier molecular flexibility index (Phi) is 3.53. The molecule has 0 spiro atoms. The largest absolute Gasteiger partial charge is 0.392 e. The number of hydrogen-bond donors (Lipinski definition) is 1. The van der Waals surface area contributed by atoms with Crippen LogP contribution >= 0.6 is 11.6 Å². The van der Waals surface area contributed by atoms with E-state index in [1.807, 2.05) is 6.07 Å². The predicted molar refractivity (Wildman–Crippen MR) is 48.1 cm³/mol. The standard InChI is InChI=1S/C9H11ClO2/c1-12-6-7-2-3-9(10)4-8(7)5-11/h2-4,11H,5-6H2,1H3. The van der Waals surface area contributed by atoms with Crippen LogP contribution in [0.2, 0.25) is 5.02 Å². The van der Waals surface area contributed by atoms with E-state index in [9.17, 15) is 0 Å². The number of ether oxygens (including phenoxy) is 1. The summed E-state index contributed by atoms with van der Waals surface area (Å²) < 4.78 is 4.96. The molecule has 12 heavy (non-hydrogen) atoms. The maximum atomic E-state index is 8.96. The number of rotatable bonds is 3. The van der Waals surface area contributed by atoms with E-state index in [0.29, 0.717) is 11.6 Å². The fourth-order valence-corrected chi connectivity index (χ4v) is 1.23. The van der Waals surface area contributed by atoms with Gasteiger partial charge in [-0.2, -0.15) is 0 Å². The maximum absolute atomic E-state index is 8.96. The molecule has 1 rings (SSSR count). The Morgan fingerprint density at radius 3 is 2.75 bits per heavy atom. The van der Waals surface area contributed by atoms with Gasteiger partial charge in [-0.1, -0.05) is 17.7 Å². The summed E-state index contributed by atoms with van der Waals surface area (Å²) in [5.74, 6) is 0. The first-order valence-corrected chi connectivity index (χ1v) is 4.03. The van der Waals surface area contributed by atoms with E-state index in [1.54, 1.807) is 19.2 Å². The molecule has 0 saturated carbocycles. The highest BCUT2D eigenvalue weighted by molar-refractivity contribution is 6.30. The molecule has 0 aliphatic carbocycles. The second-order valence-electron chi connectivity index (χ2n) is 2.50. The quantitative estimate of drug-likeness (QED) is 0.782. The van der Waals surface area contributed by atoms with Crippen molar-refractivity contribution in [2.75, 3.05) is 7.11 Å². The molecule has 1 aromatic rings. The van der Waals surface area contributed by atoms with Crippen LogP contribution in [0.25, 0.3) is 0 Å². The summed E-state index contributed by atoms with van der Waals surface area (Å²) in [5, 5.41) is 9.59. The molecule has 0 saturated heterocycles. The lowest BCUT2D eigenvalue weighted by atomic mass is 10.1. The number of halogens is 1. The van der Waals surface area contributed by atoms with Crippen molar-refractivity contribution in [1.82, 2.24) is 0 Å². The zero-order valence-corrected chi connectivity index (χ0v) is 7.64. The zero-order chi connectivity index (χ0) is 8.97. The molecule has 0 amide bonds. The average molecular weight is 187 g/mol. The van der Waals surface area contributed by atoms with E-state index in [2.05, 4.69) is 0 Å². The molecule has 2 nitrogen and oxygen atoms in total. The van der Waals surface area contributed by atoms with Crippen molar-refractivity contribution in [3.05, 3.63) is 34.3 Å². The number of benzene rings is 1. The first-order valence-electron chi connectivity index (χ1n) is 3.65. The highest BCUT2D eigenvalue weighted by Gasteiger charge is 2.01. The molecular formula is C9H11ClO2. The van der Waals surface area contributed by atoms with Crippen LogP contribution in [-0.4, -0.2) is 12.2 Å². The lowest BCUT2D eigenvalue weighted by Gasteiger charge is -2.05. The Morgan fingerprint density at radius 1 is 1.42 bits per heavy atom. The first kappa shape index (κ1) is 9.52. The summed E-state index contributed by atoms with van der Waals surface area (Å²) in [5.41, 5.74) is 1.80. The molecule has 0 unspecified atom stereocenters. The minimum Gasteiger partial charge on any atom is -0.392 e. The molecule has 3 heteroatoms. The Labute approximate surface area is 76.7 Å². The van der Waals surface area contributed by atoms with Crippen LogP contribution in [-0.2, 0) is 18.0 Å². The summed E-state index contributed by atoms with van der Waals surface area (Å²) in [4.78, 5) is 0. The Bertz CT molecular complexity index is 261. The van der Waals surface area contributed by atoms with Gasteiger partial charge in [-0.15, -0.1) is 0 Å². The second kappa shape index (κ2) is 4.45. The monoisotopic (exact) mass is 186 g/mol. The van der Waals surface area contributed by atoms with Crippen molar-refractivity contribution in [2.24, 2.45) is 0 Å². The van der Waals surface area contributed by atoms with E-state index in [4.69, 9.17) is 21.4 Å². The minimum atomic E-state index is -0.000741. The van der Waals surface area contributed by atoms with Crippen LogP contribution in [0.1, 0.15) is 11.1 Å². The van der Waals surface area contributed by atoms with Gasteiger partial charge < -0.3 is 9.84 Å². The molecule has 0 bridgehead atoms. The Morgan fingerprint density at radius 2 is 2.17 bits per heavy atom. The van der Waals surface area contributed by atoms with E-state index in [1.165, 1.54) is 0 Å². The van der Waals surface area contributed by atoms with Gasteiger partial charge in [-0.05, 0) is 23.3 Å². The van der Waals surface area contributed by atoms with Gasteiger partial charge in [-0.3, -0.25) is 0 Å². The minimum absolute atomic E-state index is 0.000741. The van der Waals surface area contributed by atoms with Gasteiger partial charge in [0.1, 0.15) is 0 Å². The van der Waals surface area contributed by atoms with Crippen molar-refractivity contribution in [3.8, 4) is 0 Å². The summed E-state index contributed by atoms with van der Waals surface area (Å²) >= 11 is 5.74. The summed E-state index contributed by atoms with van der Waals surface area (Å²) in [7, 11) is 1.62. The van der Waals surface area contributed by atoms with Gasteiger partial charge >= 0.3 is 0 Å². The summed E-state index contributed by atoms with van der Waals surface area (Å²) in [6, 6.07) is 5.39. The second-order valence-corrected chi connectivity index (χ2v) is 2.94. The molecule has 1 aromatic carbocycles. The van der Waals surface area contributed by atoms with Crippen molar-refractivity contribution in [3.63, 3.8) is 0 Å². The van der Waals surface area contributed by atoms with E-state index in [-0.39, 0.29) is 6.61 Å². The van der Waals surface area contributed by atoms with Crippen LogP contribution in [0.4, 0.5) is 0 Å². The Hall–Kier alpha value is -0.570. The van der Waals surface area contributed by atoms with Crippen molar-refractivity contribution < 1.29 is 9.84 Å². The zero-order valence-electron chi connectivity index (χ0n) is 6.88. The topological polar surface area (TPSA) is 29.5 Å². The molecular weight excluding hydrogens is 176 g/mol. The number of aliphatic hydroxyl groups excluding tert-OH is 1. The lowest BCUT2D eigenvalue weighted by Crippen LogP contribution is -1.95. The number of methoxy groups -OCH3 is 1. The van der Waals surface area contributed by atoms with Crippen LogP contribution in [0.15, 0.2) is 18.2 Å². The van der Waals surface area contributed by atoms with Gasteiger partial charge in [0.05, 0.1) is 13.2 Å². The summed E-state index contributed by atoms with van der Waals surface area (Å²) in [6.45, 7) is 0.506. The average Bonchev–Trinajstić information content (AvgIpc) is 2.08. The van der Waals surface area contributed by atoms with E-state index < -0.39 is 0 Å². The third kappa shape index (κ3) is 2.21. The molecule has 0 fully saturated rings. The van der Waals surface area contributed by atoms with Crippen LogP contribution < -0.4 is 0 Å². The predicted octanol–water partition coefficient (Wildman–Crippen LogP) is 1.98. The molecule has 0 atom stereocenters. The van der Waals surface area contributed by atoms with Crippen LogP contribution in [0, 0.1) is 0 Å². The smallest absolute Gasteiger partial charge is 0.0716 e. The fraction of sp³-hybridized carbons (Fsp3) is 0.333. The normalized spacial score (nSPS) is 10.2. The number of aliphatic hydroxyl groups is 1. The molecule has 1 N–H and O–H groups in total. The highest BCUT2D eigenvalue weighted by Crippen LogP contribution is 2.16. The van der Waals surface area contributed by atoms with Crippen molar-refractivity contribution >= 4 is 11.6 Å². The van der Waals surface area contributed by atoms with E-state index >= 15 is 0 Å². The van der Waals surface area contributed by atoms with Gasteiger partial charge in [0, 0.05) is 12.1 Å². The third-order valence-corrected chi connectivity index (χ3v) is 1.87. The maximum Gasteiger partial charge on any atom is 0.0716 e. The first-order chi connectivity index (χ1) is 5.77. The molecule has 66 valence electrons. The number of hydrogen-bond acceptors (Lipinski definition) is 2. The molecule has 0 aromatic heterocycles. The van der Waals surface area contributed by atoms with Gasteiger partial charge in [-0.25, -0.2) is 0 Å².